The van der Waals surface area contributed by atoms with Crippen LogP contribution in [0.15, 0.2) is 23.1 Å². The number of nitrogens with zero attached hydrogens (tertiary/aromatic N) is 5. The summed E-state index contributed by atoms with van der Waals surface area (Å²) in [5.74, 6) is -8.09. The Labute approximate surface area is 239 Å². The predicted molar refractivity (Wildman–Crippen MR) is 133 cm³/mol. The topological polar surface area (TPSA) is 127 Å². The number of amides is 2. The molecule has 0 bridgehead atoms. The molecule has 2 fully saturated rings. The van der Waals surface area contributed by atoms with Crippen LogP contribution in [0.3, 0.4) is 0 Å². The van der Waals surface area contributed by atoms with Crippen LogP contribution in [0, 0.1) is 12.8 Å². The number of hydrogen-bond donors (Lipinski definition) is 2. The second-order valence-corrected chi connectivity index (χ2v) is 11.3. The Kier molecular flexibility index (Phi) is 7.88. The van der Waals surface area contributed by atoms with Gasteiger partial charge >= 0.3 is 6.18 Å². The first-order valence-electron chi connectivity index (χ1n) is 13.6. The minimum atomic E-state index is -4.71. The van der Waals surface area contributed by atoms with Gasteiger partial charge in [0.15, 0.2) is 11.3 Å². The molecule has 1 atom stereocenters. The summed E-state index contributed by atoms with van der Waals surface area (Å²) in [6, 6.07) is 0.509. The fourth-order valence-corrected chi connectivity index (χ4v) is 5.82. The first-order chi connectivity index (χ1) is 20.1. The summed E-state index contributed by atoms with van der Waals surface area (Å²) in [5.41, 5.74) is -1.14. The van der Waals surface area contributed by atoms with Crippen LogP contribution in [0.1, 0.15) is 84.8 Å². The minimum Gasteiger partial charge on any atom is -0.346 e. The molecular formula is C26H28F7N7O3. The summed E-state index contributed by atoms with van der Waals surface area (Å²) in [6.07, 6.45) is -4.97. The van der Waals surface area contributed by atoms with Gasteiger partial charge in [0, 0.05) is 25.7 Å². The second kappa shape index (κ2) is 11.0. The molecule has 2 aliphatic rings. The molecule has 0 saturated heterocycles. The van der Waals surface area contributed by atoms with Crippen molar-refractivity contribution >= 4 is 17.5 Å². The molecule has 43 heavy (non-hydrogen) atoms. The molecule has 3 aromatic rings. The third-order valence-electron chi connectivity index (χ3n) is 8.32. The molecule has 1 unspecified atom stereocenters. The highest BCUT2D eigenvalue weighted by atomic mass is 19.4. The van der Waals surface area contributed by atoms with Crippen LogP contribution in [0.4, 0.5) is 30.7 Å². The van der Waals surface area contributed by atoms with E-state index in [-0.39, 0.29) is 41.1 Å². The quantitative estimate of drug-likeness (QED) is 0.363. The van der Waals surface area contributed by atoms with E-state index >= 15 is 0 Å². The van der Waals surface area contributed by atoms with Crippen molar-refractivity contribution < 1.29 is 45.0 Å². The van der Waals surface area contributed by atoms with Crippen molar-refractivity contribution in [3.63, 3.8) is 0 Å². The molecule has 2 aliphatic carbocycles. The van der Waals surface area contributed by atoms with Crippen molar-refractivity contribution in [2.24, 2.45) is 5.92 Å². The summed E-state index contributed by atoms with van der Waals surface area (Å²) in [4.78, 5) is 30.6. The Balaban J connectivity index is 1.49. The lowest BCUT2D eigenvalue weighted by Crippen LogP contribution is -2.50. The highest BCUT2D eigenvalue weighted by Crippen LogP contribution is 2.46. The fraction of sp³-hybridized carbons (Fsp3) is 0.615. The zero-order valence-electron chi connectivity index (χ0n) is 22.9. The van der Waals surface area contributed by atoms with Gasteiger partial charge < -0.3 is 10.6 Å². The van der Waals surface area contributed by atoms with Gasteiger partial charge in [-0.1, -0.05) is 5.16 Å². The third-order valence-corrected chi connectivity index (χ3v) is 8.32. The maximum atomic E-state index is 14.1. The van der Waals surface area contributed by atoms with Crippen LogP contribution >= 0.6 is 0 Å². The highest BCUT2D eigenvalue weighted by Gasteiger charge is 2.50. The van der Waals surface area contributed by atoms with E-state index in [9.17, 15) is 40.3 Å². The summed E-state index contributed by atoms with van der Waals surface area (Å²) in [5, 5.41) is 16.0. The van der Waals surface area contributed by atoms with Crippen LogP contribution in [0.2, 0.25) is 0 Å². The lowest BCUT2D eigenvalue weighted by Gasteiger charge is -2.39. The highest BCUT2D eigenvalue weighted by molar-refractivity contribution is 5.93. The summed E-state index contributed by atoms with van der Waals surface area (Å²) in [6.45, 7) is -0.130. The van der Waals surface area contributed by atoms with Crippen LogP contribution in [0.5, 0.6) is 0 Å². The van der Waals surface area contributed by atoms with Crippen molar-refractivity contribution in [1.82, 2.24) is 35.5 Å². The number of carbonyl (C=O) groups is 2. The van der Waals surface area contributed by atoms with Crippen molar-refractivity contribution in [3.8, 4) is 0 Å². The fourth-order valence-electron chi connectivity index (χ4n) is 5.82. The van der Waals surface area contributed by atoms with E-state index in [0.29, 0.717) is 0 Å². The van der Waals surface area contributed by atoms with E-state index in [1.165, 1.54) is 29.9 Å². The third kappa shape index (κ3) is 6.59. The number of fused-ring (bicyclic) bond motifs is 1. The predicted octanol–water partition coefficient (Wildman–Crippen LogP) is 4.84. The van der Waals surface area contributed by atoms with Gasteiger partial charge in [-0.25, -0.2) is 31.7 Å². The summed E-state index contributed by atoms with van der Waals surface area (Å²) < 4.78 is 101. The Bertz CT molecular complexity index is 1480. The van der Waals surface area contributed by atoms with Gasteiger partial charge in [-0.15, -0.1) is 0 Å². The zero-order valence-corrected chi connectivity index (χ0v) is 22.9. The Morgan fingerprint density at radius 2 is 1.70 bits per heavy atom. The molecule has 17 heteroatoms. The molecular weight excluding hydrogens is 591 g/mol. The van der Waals surface area contributed by atoms with Crippen molar-refractivity contribution in [2.45, 2.75) is 87.8 Å². The van der Waals surface area contributed by atoms with Crippen molar-refractivity contribution in [3.05, 3.63) is 41.1 Å². The number of nitrogens with one attached hydrogen (secondary N) is 2. The van der Waals surface area contributed by atoms with Gasteiger partial charge in [-0.05, 0) is 55.3 Å². The van der Waals surface area contributed by atoms with Crippen molar-refractivity contribution in [1.29, 1.82) is 0 Å². The van der Waals surface area contributed by atoms with Crippen LogP contribution in [0.25, 0.3) is 5.65 Å². The molecule has 2 saturated carbocycles. The largest absolute Gasteiger partial charge is 0.405 e. The first-order valence-corrected chi connectivity index (χ1v) is 13.6. The number of aryl methyl sites for hydroxylation is 1. The number of halogens is 7. The Morgan fingerprint density at radius 1 is 1.05 bits per heavy atom. The summed E-state index contributed by atoms with van der Waals surface area (Å²) >= 11 is 0. The van der Waals surface area contributed by atoms with E-state index in [1.807, 2.05) is 5.32 Å². The first kappa shape index (κ1) is 30.7. The molecule has 3 aromatic heterocycles. The standard InChI is InChI=1S/C26H28F7N7O3/c1-14-19(39-43-38-14)21(41)37-20(15-2-4-24(27,28)5-3-15)17-12-40-18(36-17)10-16(11-35-40)23(6-8-25(29,30)9-7-23)22(42)34-13-26(31,32)33/h10-12,15,20H,2-9,13H2,1H3,(H,34,42)(H,37,41). The van der Waals surface area contributed by atoms with Crippen molar-refractivity contribution in [2.75, 3.05) is 6.54 Å². The van der Waals surface area contributed by atoms with E-state index in [1.54, 1.807) is 0 Å². The Morgan fingerprint density at radius 3 is 2.30 bits per heavy atom. The van der Waals surface area contributed by atoms with E-state index in [4.69, 9.17) is 0 Å². The molecule has 2 N–H and O–H groups in total. The normalized spacial score (nSPS) is 20.9. The van der Waals surface area contributed by atoms with Crippen LogP contribution in [-0.2, 0) is 10.2 Å². The number of carbonyl (C=O) groups excluding carboxylic acids is 2. The van der Waals surface area contributed by atoms with Crippen LogP contribution in [-0.4, -0.2) is 61.3 Å². The minimum absolute atomic E-state index is 0.0667. The molecule has 234 valence electrons. The molecule has 0 spiro atoms. The monoisotopic (exact) mass is 619 g/mol. The van der Waals surface area contributed by atoms with Gasteiger partial charge in [0.1, 0.15) is 12.2 Å². The molecule has 0 radical (unpaired) electrons. The maximum Gasteiger partial charge on any atom is 0.405 e. The average molecular weight is 620 g/mol. The van der Waals surface area contributed by atoms with Crippen LogP contribution < -0.4 is 10.6 Å². The van der Waals surface area contributed by atoms with E-state index in [0.717, 1.165) is 0 Å². The number of alkyl halides is 7. The second-order valence-electron chi connectivity index (χ2n) is 11.3. The van der Waals surface area contributed by atoms with Gasteiger partial charge in [0.25, 0.3) is 5.91 Å². The molecule has 2 amide bonds. The lowest BCUT2D eigenvalue weighted by atomic mass is 9.68. The smallest absolute Gasteiger partial charge is 0.346 e. The number of imidazole rings is 1. The van der Waals surface area contributed by atoms with E-state index in [2.05, 4.69) is 30.3 Å². The molecule has 0 aliphatic heterocycles. The number of hydrogen-bond acceptors (Lipinski definition) is 7. The average Bonchev–Trinajstić information content (AvgIpc) is 3.56. The van der Waals surface area contributed by atoms with Gasteiger partial charge in [-0.2, -0.15) is 18.3 Å². The molecule has 0 aromatic carbocycles. The zero-order chi connectivity index (χ0) is 31.2. The Hall–Kier alpha value is -3.79. The van der Waals surface area contributed by atoms with Gasteiger partial charge in [0.05, 0.1) is 29.5 Å². The molecule has 10 nitrogen and oxygen atoms in total. The molecule has 5 rings (SSSR count). The SMILES string of the molecule is Cc1nonc1C(=O)NC(c1cn2ncc(C3(C(=O)NCC(F)(F)F)CCC(F)(F)CC3)cc2n1)C1CCC(F)(F)CC1. The molecule has 3 heterocycles. The van der Waals surface area contributed by atoms with Gasteiger partial charge in [-0.3, -0.25) is 9.59 Å². The summed E-state index contributed by atoms with van der Waals surface area (Å²) in [7, 11) is 0. The maximum absolute atomic E-state index is 14.1. The van der Waals surface area contributed by atoms with E-state index < -0.39 is 92.3 Å². The number of rotatable bonds is 7. The number of aromatic nitrogens is 5. The van der Waals surface area contributed by atoms with Gasteiger partial charge in [0.2, 0.25) is 17.8 Å². The lowest BCUT2D eigenvalue weighted by molar-refractivity contribution is -0.145.